The van der Waals surface area contributed by atoms with Crippen LogP contribution in [0.2, 0.25) is 0 Å². The van der Waals surface area contributed by atoms with Crippen molar-refractivity contribution in [3.8, 4) is 0 Å². The molecule has 11 heteroatoms. The monoisotopic (exact) mass is 406 g/mol. The first kappa shape index (κ1) is 21.4. The lowest BCUT2D eigenvalue weighted by Crippen LogP contribution is -2.61. The number of esters is 1. The molecule has 0 radical (unpaired) electrons. The molecule has 10 atom stereocenters. The van der Waals surface area contributed by atoms with E-state index in [4.69, 9.17) is 23.7 Å². The maximum Gasteiger partial charge on any atom is 0.337 e. The lowest BCUT2D eigenvalue weighted by atomic mass is 9.77. The van der Waals surface area contributed by atoms with E-state index in [0.29, 0.717) is 0 Å². The summed E-state index contributed by atoms with van der Waals surface area (Å²) in [5, 5.41) is 49.2. The first-order valence-corrected chi connectivity index (χ1v) is 9.01. The number of aliphatic hydroxyl groups is 5. The summed E-state index contributed by atoms with van der Waals surface area (Å²) in [7, 11) is 1.23. The standard InChI is InChI=1S/C17H26O11/c1-6-11-7(3-10(19)26-6)8(15(23)24-2)5-25-16(11)28-17-14(22)13(21)12(20)9(4-18)27-17/h5-7,9-14,16-22H,3-4H2,1-2H3/t6-,7+,9+,10+,11+,12+,13-,14+,16-,17-/m1/s1. The van der Waals surface area contributed by atoms with Crippen LogP contribution in [0.25, 0.3) is 0 Å². The van der Waals surface area contributed by atoms with Crippen LogP contribution in [0.15, 0.2) is 11.8 Å². The first-order chi connectivity index (χ1) is 13.3. The highest BCUT2D eigenvalue weighted by Gasteiger charge is 2.51. The van der Waals surface area contributed by atoms with Gasteiger partial charge in [-0.1, -0.05) is 0 Å². The Hall–Kier alpha value is -1.31. The quantitative estimate of drug-likeness (QED) is 0.315. The van der Waals surface area contributed by atoms with Gasteiger partial charge in [-0.25, -0.2) is 4.79 Å². The summed E-state index contributed by atoms with van der Waals surface area (Å²) >= 11 is 0. The molecular formula is C17H26O11. The predicted octanol–water partition coefficient (Wildman–Crippen LogP) is -2.42. The predicted molar refractivity (Wildman–Crippen MR) is 88.0 cm³/mol. The number of carbonyl (C=O) groups excluding carboxylic acids is 1. The van der Waals surface area contributed by atoms with Crippen molar-refractivity contribution in [3.63, 3.8) is 0 Å². The van der Waals surface area contributed by atoms with Crippen LogP contribution in [0.3, 0.4) is 0 Å². The van der Waals surface area contributed by atoms with Crippen LogP contribution >= 0.6 is 0 Å². The summed E-state index contributed by atoms with van der Waals surface area (Å²) < 4.78 is 26.8. The number of methoxy groups -OCH3 is 1. The molecule has 2 fully saturated rings. The molecule has 5 N–H and O–H groups in total. The van der Waals surface area contributed by atoms with Crippen molar-refractivity contribution in [2.45, 2.75) is 62.7 Å². The average molecular weight is 406 g/mol. The van der Waals surface area contributed by atoms with Gasteiger partial charge < -0.3 is 49.2 Å². The second-order valence-corrected chi connectivity index (χ2v) is 7.12. The molecule has 0 aromatic heterocycles. The highest BCUT2D eigenvalue weighted by atomic mass is 16.8. The number of hydrogen-bond acceptors (Lipinski definition) is 11. The number of rotatable bonds is 4. The molecule has 3 rings (SSSR count). The van der Waals surface area contributed by atoms with Crippen LogP contribution in [0.4, 0.5) is 0 Å². The van der Waals surface area contributed by atoms with Gasteiger partial charge in [0.2, 0.25) is 6.29 Å². The van der Waals surface area contributed by atoms with Gasteiger partial charge in [-0.15, -0.1) is 0 Å². The summed E-state index contributed by atoms with van der Waals surface area (Å²) in [4.78, 5) is 12.1. The topological polar surface area (TPSA) is 164 Å². The van der Waals surface area contributed by atoms with E-state index in [1.807, 2.05) is 0 Å². The lowest BCUT2D eigenvalue weighted by molar-refractivity contribution is -0.352. The minimum Gasteiger partial charge on any atom is -0.471 e. The molecule has 0 aliphatic carbocycles. The normalized spacial score (nSPS) is 46.2. The van der Waals surface area contributed by atoms with E-state index in [2.05, 4.69) is 0 Å². The summed E-state index contributed by atoms with van der Waals surface area (Å²) in [6, 6.07) is 0. The summed E-state index contributed by atoms with van der Waals surface area (Å²) in [6.07, 6.45) is -8.71. The van der Waals surface area contributed by atoms with Gasteiger partial charge in [0, 0.05) is 12.3 Å². The average Bonchev–Trinajstić information content (AvgIpc) is 2.67. The van der Waals surface area contributed by atoms with Crippen LogP contribution in [0.5, 0.6) is 0 Å². The Labute approximate surface area is 161 Å². The molecule has 0 aromatic rings. The summed E-state index contributed by atoms with van der Waals surface area (Å²) in [5.41, 5.74) is 0.218. The molecular weight excluding hydrogens is 380 g/mol. The molecule has 0 saturated carbocycles. The zero-order chi connectivity index (χ0) is 20.6. The molecule has 2 saturated heterocycles. The summed E-state index contributed by atoms with van der Waals surface area (Å²) in [5.74, 6) is -1.67. The van der Waals surface area contributed by atoms with Crippen molar-refractivity contribution < 1.29 is 54.0 Å². The number of carbonyl (C=O) groups is 1. The molecule has 3 aliphatic heterocycles. The Morgan fingerprint density at radius 2 is 1.86 bits per heavy atom. The maximum absolute atomic E-state index is 12.1. The van der Waals surface area contributed by atoms with Crippen molar-refractivity contribution in [2.24, 2.45) is 11.8 Å². The Morgan fingerprint density at radius 1 is 1.14 bits per heavy atom. The van der Waals surface area contributed by atoms with E-state index < -0.39 is 73.8 Å². The second-order valence-electron chi connectivity index (χ2n) is 7.12. The highest BCUT2D eigenvalue weighted by molar-refractivity contribution is 5.88. The fourth-order valence-corrected chi connectivity index (χ4v) is 3.91. The van der Waals surface area contributed by atoms with E-state index in [1.165, 1.54) is 13.4 Å². The first-order valence-electron chi connectivity index (χ1n) is 9.01. The number of hydrogen-bond donors (Lipinski definition) is 5. The minimum absolute atomic E-state index is 0.105. The molecule has 0 aromatic carbocycles. The van der Waals surface area contributed by atoms with Gasteiger partial charge in [-0.05, 0) is 6.92 Å². The number of fused-ring (bicyclic) bond motifs is 1. The second kappa shape index (κ2) is 8.59. The van der Waals surface area contributed by atoms with E-state index in [0.717, 1.165) is 0 Å². The largest absolute Gasteiger partial charge is 0.471 e. The Bertz CT molecular complexity index is 594. The molecule has 0 bridgehead atoms. The number of aliphatic hydroxyl groups excluding tert-OH is 5. The number of ether oxygens (including phenoxy) is 5. The molecule has 160 valence electrons. The summed E-state index contributed by atoms with van der Waals surface area (Å²) in [6.45, 7) is 1.08. The van der Waals surface area contributed by atoms with E-state index in [9.17, 15) is 30.3 Å². The van der Waals surface area contributed by atoms with Crippen molar-refractivity contribution in [1.29, 1.82) is 0 Å². The van der Waals surface area contributed by atoms with Crippen LogP contribution in [0, 0.1) is 11.8 Å². The van der Waals surface area contributed by atoms with Gasteiger partial charge in [-0.2, -0.15) is 0 Å². The van der Waals surface area contributed by atoms with Gasteiger partial charge in [0.05, 0.1) is 37.6 Å². The molecule has 3 aliphatic rings. The Morgan fingerprint density at radius 3 is 2.50 bits per heavy atom. The molecule has 11 nitrogen and oxygen atoms in total. The zero-order valence-electron chi connectivity index (χ0n) is 15.5. The van der Waals surface area contributed by atoms with Gasteiger partial charge in [0.25, 0.3) is 0 Å². The van der Waals surface area contributed by atoms with E-state index in [1.54, 1.807) is 6.92 Å². The molecule has 3 heterocycles. The SMILES string of the molecule is COC(=O)C1=CO[C@H](O[C@H]2O[C@@H](CO)[C@H](O)[C@@H](O)[C@@H]2O)[C@H]2[C@@H](C)O[C@H](O)C[C@@H]12. The Kier molecular flexibility index (Phi) is 6.57. The zero-order valence-corrected chi connectivity index (χ0v) is 15.5. The van der Waals surface area contributed by atoms with Gasteiger partial charge in [0.15, 0.2) is 12.6 Å². The third kappa shape index (κ3) is 3.89. The molecule has 28 heavy (non-hydrogen) atoms. The van der Waals surface area contributed by atoms with Gasteiger partial charge >= 0.3 is 5.97 Å². The van der Waals surface area contributed by atoms with E-state index in [-0.39, 0.29) is 12.0 Å². The highest BCUT2D eigenvalue weighted by Crippen LogP contribution is 2.42. The van der Waals surface area contributed by atoms with Crippen LogP contribution < -0.4 is 0 Å². The van der Waals surface area contributed by atoms with Crippen molar-refractivity contribution in [2.75, 3.05) is 13.7 Å². The van der Waals surface area contributed by atoms with Crippen molar-refractivity contribution in [1.82, 2.24) is 0 Å². The fourth-order valence-electron chi connectivity index (χ4n) is 3.91. The van der Waals surface area contributed by atoms with Crippen molar-refractivity contribution in [3.05, 3.63) is 11.8 Å². The Balaban J connectivity index is 1.81. The van der Waals surface area contributed by atoms with Crippen LogP contribution in [-0.4, -0.2) is 94.6 Å². The lowest BCUT2D eigenvalue weighted by Gasteiger charge is -2.47. The fraction of sp³-hybridized carbons (Fsp3) is 0.824. The smallest absolute Gasteiger partial charge is 0.337 e. The van der Waals surface area contributed by atoms with E-state index >= 15 is 0 Å². The third-order valence-electron chi connectivity index (χ3n) is 5.41. The van der Waals surface area contributed by atoms with Gasteiger partial charge in [-0.3, -0.25) is 0 Å². The molecule has 0 spiro atoms. The molecule has 0 unspecified atom stereocenters. The van der Waals surface area contributed by atoms with Gasteiger partial charge in [0.1, 0.15) is 24.4 Å². The third-order valence-corrected chi connectivity index (χ3v) is 5.41. The van der Waals surface area contributed by atoms with Crippen LogP contribution in [0.1, 0.15) is 13.3 Å². The van der Waals surface area contributed by atoms with Crippen LogP contribution in [-0.2, 0) is 28.5 Å². The molecule has 0 amide bonds. The minimum atomic E-state index is -1.60. The van der Waals surface area contributed by atoms with Crippen molar-refractivity contribution >= 4 is 5.97 Å². The maximum atomic E-state index is 12.1.